The summed E-state index contributed by atoms with van der Waals surface area (Å²) in [5.74, 6) is -0.0382. The molecule has 0 aliphatic heterocycles. The van der Waals surface area contributed by atoms with Crippen LogP contribution in [0.2, 0.25) is 0 Å². The van der Waals surface area contributed by atoms with E-state index in [1.807, 2.05) is 27.7 Å². The third-order valence-corrected chi connectivity index (χ3v) is 4.93. The molecule has 0 aliphatic rings. The quantitative estimate of drug-likeness (QED) is 0.461. The van der Waals surface area contributed by atoms with Gasteiger partial charge in [-0.2, -0.15) is 4.72 Å². The molecule has 7 heteroatoms. The van der Waals surface area contributed by atoms with Gasteiger partial charge in [-0.1, -0.05) is 6.92 Å². The summed E-state index contributed by atoms with van der Waals surface area (Å²) in [6.07, 6.45) is 0.649. The largest absolute Gasteiger partial charge is 0.426 e. The Morgan fingerprint density at radius 3 is 2.08 bits per heavy atom. The van der Waals surface area contributed by atoms with Crippen molar-refractivity contribution < 1.29 is 22.7 Å². The second kappa shape index (κ2) is 7.63. The van der Waals surface area contributed by atoms with Crippen LogP contribution < -0.4 is 9.46 Å². The van der Waals surface area contributed by atoms with E-state index in [1.165, 1.54) is 24.3 Å². The zero-order valence-corrected chi connectivity index (χ0v) is 16.0. The van der Waals surface area contributed by atoms with Crippen LogP contribution in [0.1, 0.15) is 48.0 Å². The number of ether oxygens (including phenoxy) is 2. The zero-order valence-electron chi connectivity index (χ0n) is 15.2. The van der Waals surface area contributed by atoms with E-state index < -0.39 is 21.0 Å². The molecule has 1 aromatic rings. The van der Waals surface area contributed by atoms with Gasteiger partial charge in [-0.15, -0.1) is 0 Å². The third kappa shape index (κ3) is 6.22. The number of sulfonamides is 1. The van der Waals surface area contributed by atoms with Crippen molar-refractivity contribution >= 4 is 16.0 Å². The molecule has 6 nitrogen and oxygen atoms in total. The van der Waals surface area contributed by atoms with Gasteiger partial charge in [0.25, 0.3) is 0 Å². The highest BCUT2D eigenvalue weighted by molar-refractivity contribution is 7.89. The first-order valence-electron chi connectivity index (χ1n) is 7.83. The Bertz CT molecular complexity index is 657. The lowest BCUT2D eigenvalue weighted by Crippen LogP contribution is -2.31. The van der Waals surface area contributed by atoms with E-state index in [4.69, 9.17) is 9.47 Å². The fourth-order valence-electron chi connectivity index (χ4n) is 1.48. The number of carbonyl (C=O) groups is 1. The Hall–Kier alpha value is -1.44. The Balaban J connectivity index is 2.75. The van der Waals surface area contributed by atoms with Crippen molar-refractivity contribution in [1.29, 1.82) is 0 Å². The van der Waals surface area contributed by atoms with E-state index in [0.717, 1.165) is 0 Å². The maximum atomic E-state index is 12.2. The number of hydrogen-bond donors (Lipinski definition) is 1. The predicted molar refractivity (Wildman–Crippen MR) is 92.2 cm³/mol. The molecule has 0 amide bonds. The Kier molecular flexibility index (Phi) is 6.55. The molecule has 0 bridgehead atoms. The summed E-state index contributed by atoms with van der Waals surface area (Å²) >= 11 is 0. The lowest BCUT2D eigenvalue weighted by Gasteiger charge is -2.20. The van der Waals surface area contributed by atoms with Crippen molar-refractivity contribution in [3.8, 4) is 5.75 Å². The van der Waals surface area contributed by atoms with Crippen molar-refractivity contribution in [2.24, 2.45) is 5.41 Å². The van der Waals surface area contributed by atoms with E-state index >= 15 is 0 Å². The maximum Gasteiger partial charge on any atom is 0.316 e. The minimum Gasteiger partial charge on any atom is -0.426 e. The minimum absolute atomic E-state index is 0.0783. The van der Waals surface area contributed by atoms with Gasteiger partial charge in [0, 0.05) is 0 Å². The van der Waals surface area contributed by atoms with Crippen LogP contribution in [0.15, 0.2) is 29.2 Å². The molecule has 0 heterocycles. The number of carbonyl (C=O) groups excluding carboxylic acids is 1. The molecule has 0 saturated carbocycles. The van der Waals surface area contributed by atoms with Crippen molar-refractivity contribution in [1.82, 2.24) is 4.72 Å². The second-order valence-corrected chi connectivity index (χ2v) is 8.91. The predicted octanol–water partition coefficient (Wildman–Crippen LogP) is 3.08. The van der Waals surface area contributed by atoms with Crippen LogP contribution in [-0.4, -0.2) is 26.7 Å². The maximum absolute atomic E-state index is 12.2. The summed E-state index contributed by atoms with van der Waals surface area (Å²) in [7, 11) is -3.68. The van der Waals surface area contributed by atoms with Crippen molar-refractivity contribution in [3.05, 3.63) is 24.3 Å². The number of nitrogens with one attached hydrogen (secondary N) is 1. The van der Waals surface area contributed by atoms with Gasteiger partial charge in [0.05, 0.1) is 15.9 Å². The van der Waals surface area contributed by atoms with Crippen LogP contribution in [0.4, 0.5) is 0 Å². The normalized spacial score (nSPS) is 12.9. The molecule has 1 N–H and O–H groups in total. The number of rotatable bonds is 7. The topological polar surface area (TPSA) is 81.7 Å². The first-order valence-corrected chi connectivity index (χ1v) is 9.32. The van der Waals surface area contributed by atoms with Gasteiger partial charge in [-0.3, -0.25) is 4.79 Å². The van der Waals surface area contributed by atoms with Crippen molar-refractivity contribution in [2.45, 2.75) is 58.5 Å². The molecule has 0 fully saturated rings. The smallest absolute Gasteiger partial charge is 0.316 e. The summed E-state index contributed by atoms with van der Waals surface area (Å²) in [6, 6.07) is 5.70. The van der Waals surface area contributed by atoms with Crippen molar-refractivity contribution in [3.63, 3.8) is 0 Å². The summed E-state index contributed by atoms with van der Waals surface area (Å²) in [6.45, 7) is 10.9. The molecule has 136 valence electrons. The zero-order chi connectivity index (χ0) is 18.6. The van der Waals surface area contributed by atoms with E-state index in [1.54, 1.807) is 13.8 Å². The van der Waals surface area contributed by atoms with E-state index in [0.29, 0.717) is 12.2 Å². The number of benzene rings is 1. The lowest BCUT2D eigenvalue weighted by molar-refractivity contribution is -0.144. The highest BCUT2D eigenvalue weighted by atomic mass is 32.2. The molecule has 0 saturated heterocycles. The van der Waals surface area contributed by atoms with Crippen LogP contribution >= 0.6 is 0 Å². The van der Waals surface area contributed by atoms with Gasteiger partial charge < -0.3 is 9.47 Å². The SMILES string of the molecule is CCC(C)(C)C(=O)Oc1ccc(S(=O)(=O)NCOC(C)(C)C)cc1. The number of hydrogen-bond acceptors (Lipinski definition) is 5. The van der Waals surface area contributed by atoms with E-state index in [-0.39, 0.29) is 17.6 Å². The summed E-state index contributed by atoms with van der Waals surface area (Å²) < 4.78 is 37.3. The third-order valence-electron chi connectivity index (χ3n) is 3.54. The first-order chi connectivity index (χ1) is 10.9. The molecule has 0 aromatic heterocycles. The average molecular weight is 357 g/mol. The van der Waals surface area contributed by atoms with Gasteiger partial charge in [-0.25, -0.2) is 8.42 Å². The van der Waals surface area contributed by atoms with Crippen molar-refractivity contribution in [2.75, 3.05) is 6.73 Å². The standard InChI is InChI=1S/C17H27NO5S/c1-7-17(5,6)15(19)23-13-8-10-14(11-9-13)24(20,21)18-12-22-16(2,3)4/h8-11,18H,7,12H2,1-6H3. The summed E-state index contributed by atoms with van der Waals surface area (Å²) in [5, 5.41) is 0. The second-order valence-electron chi connectivity index (χ2n) is 7.15. The molecule has 1 rings (SSSR count). The average Bonchev–Trinajstić information content (AvgIpc) is 2.46. The molecule has 0 aliphatic carbocycles. The Morgan fingerprint density at radius 1 is 1.08 bits per heavy atom. The van der Waals surface area contributed by atoms with Crippen LogP contribution in [0, 0.1) is 5.41 Å². The van der Waals surface area contributed by atoms with Crippen LogP contribution in [-0.2, 0) is 19.6 Å². The van der Waals surface area contributed by atoms with Crippen LogP contribution in [0.5, 0.6) is 5.75 Å². The van der Waals surface area contributed by atoms with Gasteiger partial charge in [0.1, 0.15) is 12.5 Å². The highest BCUT2D eigenvalue weighted by Gasteiger charge is 2.27. The molecular formula is C17H27NO5S. The fourth-order valence-corrected chi connectivity index (χ4v) is 2.36. The number of esters is 1. The van der Waals surface area contributed by atoms with Gasteiger partial charge in [0.15, 0.2) is 0 Å². The van der Waals surface area contributed by atoms with E-state index in [9.17, 15) is 13.2 Å². The summed E-state index contributed by atoms with van der Waals surface area (Å²) in [5.41, 5.74) is -1.02. The highest BCUT2D eigenvalue weighted by Crippen LogP contribution is 2.24. The van der Waals surface area contributed by atoms with Gasteiger partial charge in [0.2, 0.25) is 10.0 Å². The molecule has 0 atom stereocenters. The lowest BCUT2D eigenvalue weighted by atomic mass is 9.91. The van der Waals surface area contributed by atoms with Gasteiger partial charge >= 0.3 is 5.97 Å². The monoisotopic (exact) mass is 357 g/mol. The van der Waals surface area contributed by atoms with Gasteiger partial charge in [-0.05, 0) is 65.3 Å². The fraction of sp³-hybridized carbons (Fsp3) is 0.588. The first kappa shape index (κ1) is 20.6. The molecule has 24 heavy (non-hydrogen) atoms. The molecule has 1 aromatic carbocycles. The molecular weight excluding hydrogens is 330 g/mol. The van der Waals surface area contributed by atoms with Crippen LogP contribution in [0.25, 0.3) is 0 Å². The van der Waals surface area contributed by atoms with E-state index in [2.05, 4.69) is 4.72 Å². The molecule has 0 spiro atoms. The molecule has 0 unspecified atom stereocenters. The Labute approximate surface area is 144 Å². The summed E-state index contributed by atoms with van der Waals surface area (Å²) in [4.78, 5) is 12.1. The molecule has 0 radical (unpaired) electrons. The Morgan fingerprint density at radius 2 is 1.62 bits per heavy atom. The minimum atomic E-state index is -3.68. The van der Waals surface area contributed by atoms with Crippen LogP contribution in [0.3, 0.4) is 0 Å².